The van der Waals surface area contributed by atoms with Gasteiger partial charge in [-0.25, -0.2) is 24.9 Å². The molecule has 1 atom stereocenters. The second kappa shape index (κ2) is 10.0. The molecule has 11 heteroatoms. The number of aromatic nitrogens is 6. The molecule has 0 aliphatic carbocycles. The number of carbonyl (C=O) groups is 2. The third kappa shape index (κ3) is 5.87. The molecular weight excluding hydrogens is 464 g/mol. The maximum Gasteiger partial charge on any atom is 0.270 e. The first-order valence-corrected chi connectivity index (χ1v) is 11.7. The van der Waals surface area contributed by atoms with Gasteiger partial charge in [0.25, 0.3) is 11.8 Å². The summed E-state index contributed by atoms with van der Waals surface area (Å²) in [6.45, 7) is 7.90. The second-order valence-corrected chi connectivity index (χ2v) is 9.84. The molecule has 4 heterocycles. The zero-order chi connectivity index (χ0) is 25.0. The van der Waals surface area contributed by atoms with Crippen molar-refractivity contribution in [3.63, 3.8) is 0 Å². The topological polar surface area (TPSA) is 136 Å². The molecule has 0 fully saturated rings. The lowest BCUT2D eigenvalue weighted by molar-refractivity contribution is 0.0934. The number of anilines is 1. The van der Waals surface area contributed by atoms with Crippen LogP contribution in [0.4, 0.5) is 5.82 Å². The normalized spacial score (nSPS) is 12.1. The Balaban J connectivity index is 1.42. The molecule has 2 N–H and O–H groups in total. The Bertz CT molecular complexity index is 1350. The van der Waals surface area contributed by atoms with Gasteiger partial charge in [-0.1, -0.05) is 20.8 Å². The van der Waals surface area contributed by atoms with E-state index in [-0.39, 0.29) is 22.9 Å². The summed E-state index contributed by atoms with van der Waals surface area (Å²) in [5, 5.41) is 6.24. The Morgan fingerprint density at radius 2 is 1.77 bits per heavy atom. The van der Waals surface area contributed by atoms with Crippen LogP contribution in [0.2, 0.25) is 0 Å². The van der Waals surface area contributed by atoms with Crippen LogP contribution in [0.25, 0.3) is 11.3 Å². The highest BCUT2D eigenvalue weighted by atomic mass is 32.1. The minimum atomic E-state index is -0.433. The van der Waals surface area contributed by atoms with Crippen molar-refractivity contribution in [2.45, 2.75) is 39.2 Å². The number of hydrogen-bond acceptors (Lipinski definition) is 9. The maximum atomic E-state index is 12.8. The lowest BCUT2D eigenvalue weighted by atomic mass is 9.92. The third-order valence-corrected chi connectivity index (χ3v) is 6.18. The quantitative estimate of drug-likeness (QED) is 0.418. The molecule has 0 radical (unpaired) electrons. The molecule has 0 spiro atoms. The van der Waals surface area contributed by atoms with Crippen LogP contribution in [-0.4, -0.2) is 41.7 Å². The van der Waals surface area contributed by atoms with Gasteiger partial charge in [0.15, 0.2) is 0 Å². The maximum absolute atomic E-state index is 12.8. The predicted octanol–water partition coefficient (Wildman–Crippen LogP) is 3.83. The van der Waals surface area contributed by atoms with Gasteiger partial charge in [0.05, 0.1) is 23.6 Å². The van der Waals surface area contributed by atoms with Gasteiger partial charge >= 0.3 is 0 Å². The van der Waals surface area contributed by atoms with E-state index < -0.39 is 6.04 Å². The number of nitrogens with zero attached hydrogens (tertiary/aromatic N) is 6. The van der Waals surface area contributed by atoms with E-state index in [1.165, 1.54) is 30.2 Å². The highest BCUT2D eigenvalue weighted by Gasteiger charge is 2.20. The van der Waals surface area contributed by atoms with Crippen molar-refractivity contribution in [3.05, 3.63) is 76.8 Å². The van der Waals surface area contributed by atoms with Crippen molar-refractivity contribution in [1.82, 2.24) is 35.2 Å². The second-order valence-electron chi connectivity index (χ2n) is 8.78. The van der Waals surface area contributed by atoms with Gasteiger partial charge in [-0.05, 0) is 25.1 Å². The highest BCUT2D eigenvalue weighted by molar-refractivity contribution is 7.13. The average molecular weight is 489 g/mol. The molecule has 0 saturated heterocycles. The molecule has 10 nitrogen and oxygen atoms in total. The number of carbonyl (C=O) groups excluding carboxylic acids is 2. The van der Waals surface area contributed by atoms with Crippen LogP contribution >= 0.6 is 11.3 Å². The van der Waals surface area contributed by atoms with E-state index in [2.05, 4.69) is 40.5 Å². The molecule has 2 amide bonds. The Labute approximate surface area is 206 Å². The number of amides is 2. The number of rotatable bonds is 6. The standard InChI is InChI=1S/C24H24N8O2S/c1-14(31-21(33)17-8-16(27-12-28-17)15-6-5-7-25-10-15)23-26-11-18(35-23)22(34)32-20-9-19(24(2,3)4)29-13-30-20/h5-14H,1-4H3,(H,31,33)(H,29,30,32,34). The summed E-state index contributed by atoms with van der Waals surface area (Å²) in [5.74, 6) is -0.288. The number of thiazole rings is 1. The molecule has 4 aromatic rings. The minimum absolute atomic E-state index is 0.171. The Hall–Kier alpha value is -4.12. The van der Waals surface area contributed by atoms with Crippen molar-refractivity contribution in [3.8, 4) is 11.3 Å². The molecular formula is C24H24N8O2S. The summed E-state index contributed by atoms with van der Waals surface area (Å²) in [6.07, 6.45) is 7.58. The fraction of sp³-hybridized carbons (Fsp3) is 0.250. The van der Waals surface area contributed by atoms with Crippen LogP contribution in [0.1, 0.15) is 64.6 Å². The fourth-order valence-electron chi connectivity index (χ4n) is 3.09. The van der Waals surface area contributed by atoms with Crippen molar-refractivity contribution in [2.24, 2.45) is 0 Å². The van der Waals surface area contributed by atoms with Crippen LogP contribution in [0.5, 0.6) is 0 Å². The van der Waals surface area contributed by atoms with E-state index in [1.807, 2.05) is 26.8 Å². The van der Waals surface area contributed by atoms with Gasteiger partial charge in [0.2, 0.25) is 0 Å². The molecule has 178 valence electrons. The van der Waals surface area contributed by atoms with E-state index in [9.17, 15) is 9.59 Å². The predicted molar refractivity (Wildman–Crippen MR) is 132 cm³/mol. The van der Waals surface area contributed by atoms with E-state index in [0.717, 1.165) is 11.3 Å². The van der Waals surface area contributed by atoms with Gasteiger partial charge in [0, 0.05) is 29.4 Å². The summed E-state index contributed by atoms with van der Waals surface area (Å²) >= 11 is 1.19. The van der Waals surface area contributed by atoms with Crippen molar-refractivity contribution in [2.75, 3.05) is 5.32 Å². The molecule has 4 rings (SSSR count). The summed E-state index contributed by atoms with van der Waals surface area (Å²) in [4.78, 5) is 51.0. The van der Waals surface area contributed by atoms with E-state index in [4.69, 9.17) is 0 Å². The van der Waals surface area contributed by atoms with Crippen LogP contribution < -0.4 is 10.6 Å². The van der Waals surface area contributed by atoms with Crippen molar-refractivity contribution >= 4 is 29.0 Å². The Morgan fingerprint density at radius 1 is 0.971 bits per heavy atom. The van der Waals surface area contributed by atoms with Gasteiger partial charge in [-0.15, -0.1) is 11.3 Å². The molecule has 0 aromatic carbocycles. The third-order valence-electron chi connectivity index (χ3n) is 5.00. The van der Waals surface area contributed by atoms with Crippen LogP contribution in [0.3, 0.4) is 0 Å². The molecule has 0 bridgehead atoms. The van der Waals surface area contributed by atoms with Crippen LogP contribution in [-0.2, 0) is 5.41 Å². The first kappa shape index (κ1) is 24.0. The van der Waals surface area contributed by atoms with Crippen molar-refractivity contribution in [1.29, 1.82) is 0 Å². The molecule has 35 heavy (non-hydrogen) atoms. The smallest absolute Gasteiger partial charge is 0.270 e. The lowest BCUT2D eigenvalue weighted by Crippen LogP contribution is -2.27. The van der Waals surface area contributed by atoms with Crippen molar-refractivity contribution < 1.29 is 9.59 Å². The van der Waals surface area contributed by atoms with Gasteiger partial charge in [-0.2, -0.15) is 0 Å². The van der Waals surface area contributed by atoms with Gasteiger partial charge < -0.3 is 10.6 Å². The summed E-state index contributed by atoms with van der Waals surface area (Å²) in [7, 11) is 0. The lowest BCUT2D eigenvalue weighted by Gasteiger charge is -2.17. The number of hydrogen-bond donors (Lipinski definition) is 2. The first-order chi connectivity index (χ1) is 16.7. The largest absolute Gasteiger partial charge is 0.342 e. The van der Waals surface area contributed by atoms with E-state index in [1.54, 1.807) is 37.5 Å². The zero-order valence-electron chi connectivity index (χ0n) is 19.7. The van der Waals surface area contributed by atoms with Gasteiger partial charge in [0.1, 0.15) is 34.1 Å². The molecule has 0 aliphatic heterocycles. The Kier molecular flexibility index (Phi) is 6.87. The molecule has 4 aromatic heterocycles. The molecule has 0 saturated carbocycles. The fourth-order valence-corrected chi connectivity index (χ4v) is 3.91. The summed E-state index contributed by atoms with van der Waals surface area (Å²) in [6, 6.07) is 6.58. The van der Waals surface area contributed by atoms with Crippen LogP contribution in [0, 0.1) is 0 Å². The summed E-state index contributed by atoms with van der Waals surface area (Å²) in [5.41, 5.74) is 2.25. The number of nitrogens with one attached hydrogen (secondary N) is 2. The average Bonchev–Trinajstić information content (AvgIpc) is 3.35. The van der Waals surface area contributed by atoms with E-state index in [0.29, 0.717) is 21.4 Å². The highest BCUT2D eigenvalue weighted by Crippen LogP contribution is 2.24. The SMILES string of the molecule is CC(NC(=O)c1cc(-c2cccnc2)ncn1)c1ncc(C(=O)Nc2cc(C(C)(C)C)ncn2)s1. The van der Waals surface area contributed by atoms with Gasteiger partial charge in [-0.3, -0.25) is 14.6 Å². The molecule has 1 unspecified atom stereocenters. The monoisotopic (exact) mass is 488 g/mol. The number of pyridine rings is 1. The minimum Gasteiger partial charge on any atom is -0.342 e. The Morgan fingerprint density at radius 3 is 2.51 bits per heavy atom. The zero-order valence-corrected chi connectivity index (χ0v) is 20.5. The summed E-state index contributed by atoms with van der Waals surface area (Å²) < 4.78 is 0. The van der Waals surface area contributed by atoms with Crippen LogP contribution in [0.15, 0.2) is 55.5 Å². The first-order valence-electron chi connectivity index (χ1n) is 10.8. The van der Waals surface area contributed by atoms with E-state index >= 15 is 0 Å². The molecule has 0 aliphatic rings.